The number of nitrogens with one attached hydrogen (secondary N) is 1. The molecule has 0 aliphatic rings. The Morgan fingerprint density at radius 1 is 1.10 bits per heavy atom. The number of ether oxygens (including phenoxy) is 1. The van der Waals surface area contributed by atoms with Crippen LogP contribution >= 0.6 is 0 Å². The van der Waals surface area contributed by atoms with Crippen LogP contribution in [0.4, 0.5) is 11.4 Å². The highest BCUT2D eigenvalue weighted by Gasteiger charge is 2.15. The van der Waals surface area contributed by atoms with Gasteiger partial charge in [-0.2, -0.15) is 0 Å². The molecule has 110 valence electrons. The third-order valence-corrected chi connectivity index (χ3v) is 3.45. The summed E-state index contributed by atoms with van der Waals surface area (Å²) in [6.07, 6.45) is 0. The van der Waals surface area contributed by atoms with Crippen LogP contribution in [-0.2, 0) is 0 Å². The second-order valence-electron chi connectivity index (χ2n) is 5.14. The Balaban J connectivity index is 2.38. The fraction of sp³-hybridized carbons (Fsp3) is 0.235. The zero-order valence-corrected chi connectivity index (χ0v) is 12.8. The molecular formula is C17H20N2O2. The fourth-order valence-electron chi connectivity index (χ4n) is 2.48. The number of hydrogen-bond acceptors (Lipinski definition) is 3. The molecule has 0 spiro atoms. The third kappa shape index (κ3) is 2.99. The summed E-state index contributed by atoms with van der Waals surface area (Å²) >= 11 is 0. The van der Waals surface area contributed by atoms with Gasteiger partial charge in [0.15, 0.2) is 0 Å². The van der Waals surface area contributed by atoms with Gasteiger partial charge in [-0.15, -0.1) is 0 Å². The van der Waals surface area contributed by atoms with Gasteiger partial charge in [-0.25, -0.2) is 0 Å². The lowest BCUT2D eigenvalue weighted by Gasteiger charge is -2.15. The Morgan fingerprint density at radius 2 is 1.71 bits per heavy atom. The topological polar surface area (TPSA) is 64.3 Å². The fourth-order valence-corrected chi connectivity index (χ4v) is 2.48. The number of anilines is 2. The SMILES string of the molecule is COc1c(C)cccc1C(=O)Nc1c(C)cc(N)cc1C. The molecular weight excluding hydrogens is 264 g/mol. The highest BCUT2D eigenvalue weighted by molar-refractivity contribution is 6.07. The first-order valence-corrected chi connectivity index (χ1v) is 6.75. The summed E-state index contributed by atoms with van der Waals surface area (Å²) < 4.78 is 5.33. The molecule has 0 aromatic heterocycles. The molecule has 0 bridgehead atoms. The number of rotatable bonds is 3. The van der Waals surface area contributed by atoms with Crippen molar-refractivity contribution in [2.24, 2.45) is 0 Å². The van der Waals surface area contributed by atoms with Crippen molar-refractivity contribution in [3.63, 3.8) is 0 Å². The van der Waals surface area contributed by atoms with Crippen molar-refractivity contribution in [2.75, 3.05) is 18.2 Å². The van der Waals surface area contributed by atoms with Crippen molar-refractivity contribution >= 4 is 17.3 Å². The van der Waals surface area contributed by atoms with Gasteiger partial charge < -0.3 is 15.8 Å². The molecule has 0 aliphatic carbocycles. The summed E-state index contributed by atoms with van der Waals surface area (Å²) in [7, 11) is 1.57. The first-order valence-electron chi connectivity index (χ1n) is 6.75. The number of hydrogen-bond donors (Lipinski definition) is 2. The van der Waals surface area contributed by atoms with Crippen LogP contribution < -0.4 is 15.8 Å². The predicted octanol–water partition coefficient (Wildman–Crippen LogP) is 3.45. The highest BCUT2D eigenvalue weighted by Crippen LogP contribution is 2.27. The summed E-state index contributed by atoms with van der Waals surface area (Å²) in [5.41, 5.74) is 10.6. The Labute approximate surface area is 124 Å². The van der Waals surface area contributed by atoms with Crippen LogP contribution in [0.3, 0.4) is 0 Å². The number of benzene rings is 2. The van der Waals surface area contributed by atoms with E-state index in [-0.39, 0.29) is 5.91 Å². The number of amides is 1. The molecule has 2 aromatic carbocycles. The van der Waals surface area contributed by atoms with Crippen molar-refractivity contribution in [3.8, 4) is 5.75 Å². The normalized spacial score (nSPS) is 10.3. The lowest BCUT2D eigenvalue weighted by atomic mass is 10.1. The first-order chi connectivity index (χ1) is 9.93. The van der Waals surface area contributed by atoms with Crippen LogP contribution in [0.2, 0.25) is 0 Å². The number of nitrogens with two attached hydrogens (primary N) is 1. The van der Waals surface area contributed by atoms with Gasteiger partial charge in [-0.1, -0.05) is 12.1 Å². The van der Waals surface area contributed by atoms with Gasteiger partial charge in [0.1, 0.15) is 5.75 Å². The zero-order chi connectivity index (χ0) is 15.6. The quantitative estimate of drug-likeness (QED) is 0.848. The Kier molecular flexibility index (Phi) is 4.17. The molecule has 0 aliphatic heterocycles. The van der Waals surface area contributed by atoms with Crippen molar-refractivity contribution in [2.45, 2.75) is 20.8 Å². The predicted molar refractivity (Wildman–Crippen MR) is 86.0 cm³/mol. The maximum absolute atomic E-state index is 12.5. The molecule has 2 aromatic rings. The Hall–Kier alpha value is -2.49. The number of para-hydroxylation sites is 1. The number of carbonyl (C=O) groups is 1. The Bertz CT molecular complexity index is 670. The zero-order valence-electron chi connectivity index (χ0n) is 12.8. The summed E-state index contributed by atoms with van der Waals surface area (Å²) in [6.45, 7) is 5.76. The van der Waals surface area contributed by atoms with E-state index in [9.17, 15) is 4.79 Å². The molecule has 0 fully saturated rings. The molecule has 0 unspecified atom stereocenters. The van der Waals surface area contributed by atoms with Crippen molar-refractivity contribution in [1.82, 2.24) is 0 Å². The largest absolute Gasteiger partial charge is 0.496 e. The second-order valence-corrected chi connectivity index (χ2v) is 5.14. The second kappa shape index (κ2) is 5.87. The molecule has 3 N–H and O–H groups in total. The highest BCUT2D eigenvalue weighted by atomic mass is 16.5. The van der Waals surface area contributed by atoms with E-state index in [2.05, 4.69) is 5.32 Å². The molecule has 0 saturated carbocycles. The molecule has 4 nitrogen and oxygen atoms in total. The van der Waals surface area contributed by atoms with Crippen LogP contribution in [0.1, 0.15) is 27.0 Å². The van der Waals surface area contributed by atoms with Crippen LogP contribution in [0, 0.1) is 20.8 Å². The Morgan fingerprint density at radius 3 is 2.29 bits per heavy atom. The lowest BCUT2D eigenvalue weighted by Crippen LogP contribution is -2.15. The van der Waals surface area contributed by atoms with Crippen molar-refractivity contribution < 1.29 is 9.53 Å². The molecule has 21 heavy (non-hydrogen) atoms. The molecule has 0 heterocycles. The number of carbonyl (C=O) groups excluding carboxylic acids is 1. The summed E-state index contributed by atoms with van der Waals surface area (Å²) in [4.78, 5) is 12.5. The van der Waals surface area contributed by atoms with Gasteiger partial charge in [0.2, 0.25) is 0 Å². The van der Waals surface area contributed by atoms with Gasteiger partial charge in [0.05, 0.1) is 12.7 Å². The summed E-state index contributed by atoms with van der Waals surface area (Å²) in [5.74, 6) is 0.410. The van der Waals surface area contributed by atoms with E-state index in [1.165, 1.54) is 0 Å². The molecule has 2 rings (SSSR count). The molecule has 0 radical (unpaired) electrons. The maximum atomic E-state index is 12.5. The van der Waals surface area contributed by atoms with E-state index in [1.54, 1.807) is 13.2 Å². The van der Waals surface area contributed by atoms with Gasteiger partial charge in [0, 0.05) is 11.4 Å². The average Bonchev–Trinajstić information content (AvgIpc) is 2.42. The third-order valence-electron chi connectivity index (χ3n) is 3.45. The minimum absolute atomic E-state index is 0.188. The van der Waals surface area contributed by atoms with E-state index in [0.29, 0.717) is 17.0 Å². The van der Waals surface area contributed by atoms with E-state index >= 15 is 0 Å². The van der Waals surface area contributed by atoms with Gasteiger partial charge in [-0.05, 0) is 55.7 Å². The number of methoxy groups -OCH3 is 1. The smallest absolute Gasteiger partial charge is 0.259 e. The van der Waals surface area contributed by atoms with E-state index in [4.69, 9.17) is 10.5 Å². The van der Waals surface area contributed by atoms with E-state index < -0.39 is 0 Å². The van der Waals surface area contributed by atoms with Crippen LogP contribution in [0.5, 0.6) is 5.75 Å². The summed E-state index contributed by atoms with van der Waals surface area (Å²) in [5, 5.41) is 2.95. The summed E-state index contributed by atoms with van der Waals surface area (Å²) in [6, 6.07) is 9.19. The van der Waals surface area contributed by atoms with Gasteiger partial charge >= 0.3 is 0 Å². The monoisotopic (exact) mass is 284 g/mol. The van der Waals surface area contributed by atoms with E-state index in [1.807, 2.05) is 45.0 Å². The average molecular weight is 284 g/mol. The first kappa shape index (κ1) is 14.9. The van der Waals surface area contributed by atoms with E-state index in [0.717, 1.165) is 22.4 Å². The minimum Gasteiger partial charge on any atom is -0.496 e. The molecule has 0 saturated heterocycles. The lowest BCUT2D eigenvalue weighted by molar-refractivity contribution is 0.102. The number of aryl methyl sites for hydroxylation is 3. The van der Waals surface area contributed by atoms with Crippen LogP contribution in [0.15, 0.2) is 30.3 Å². The standard InChI is InChI=1S/C17H20N2O2/c1-10-6-5-7-14(16(10)21-4)17(20)19-15-11(2)8-13(18)9-12(15)3/h5-9H,18H2,1-4H3,(H,19,20). The maximum Gasteiger partial charge on any atom is 0.259 e. The molecule has 0 atom stereocenters. The van der Waals surface area contributed by atoms with Gasteiger partial charge in [0.25, 0.3) is 5.91 Å². The van der Waals surface area contributed by atoms with Crippen LogP contribution in [0.25, 0.3) is 0 Å². The van der Waals surface area contributed by atoms with Crippen molar-refractivity contribution in [1.29, 1.82) is 0 Å². The minimum atomic E-state index is -0.188. The van der Waals surface area contributed by atoms with Crippen LogP contribution in [-0.4, -0.2) is 13.0 Å². The van der Waals surface area contributed by atoms with Crippen molar-refractivity contribution in [3.05, 3.63) is 52.6 Å². The van der Waals surface area contributed by atoms with Gasteiger partial charge in [-0.3, -0.25) is 4.79 Å². The number of nitrogen functional groups attached to an aromatic ring is 1. The molecule has 4 heteroatoms. The molecule has 1 amide bonds.